The molecule has 1 aliphatic rings. The van der Waals surface area contributed by atoms with Crippen LogP contribution in [0.15, 0.2) is 6.07 Å². The highest BCUT2D eigenvalue weighted by molar-refractivity contribution is 5.90. The first-order chi connectivity index (χ1) is 13.9. The summed E-state index contributed by atoms with van der Waals surface area (Å²) in [6.07, 6.45) is -0.651. The molecule has 2 rings (SSSR count). The summed E-state index contributed by atoms with van der Waals surface area (Å²) in [7, 11) is 0. The van der Waals surface area contributed by atoms with Crippen LogP contribution in [0.1, 0.15) is 33.6 Å². The van der Waals surface area contributed by atoms with Crippen LogP contribution in [0.4, 0.5) is 22.4 Å². The SMILES string of the molecule is CC(C)(C)OC(=O)N[C@@H](C[C@@H]1CCNC1=O)C(=O)COc1c(F)c(F)cc(F)c1F. The van der Waals surface area contributed by atoms with E-state index in [2.05, 4.69) is 15.4 Å². The largest absolute Gasteiger partial charge is 0.479 e. The van der Waals surface area contributed by atoms with E-state index >= 15 is 0 Å². The Morgan fingerprint density at radius 1 is 1.20 bits per heavy atom. The van der Waals surface area contributed by atoms with Crippen LogP contribution in [0.25, 0.3) is 0 Å². The quantitative estimate of drug-likeness (QED) is 0.508. The predicted octanol–water partition coefficient (Wildman–Crippen LogP) is 2.61. The highest BCUT2D eigenvalue weighted by atomic mass is 19.2. The smallest absolute Gasteiger partial charge is 0.408 e. The summed E-state index contributed by atoms with van der Waals surface area (Å²) >= 11 is 0. The number of Topliss-reactive ketones (excluding diaryl/α,β-unsaturated/α-hetero) is 1. The molecular weight excluding hydrogens is 412 g/mol. The Labute approximate surface area is 170 Å². The molecule has 11 heteroatoms. The van der Waals surface area contributed by atoms with Crippen LogP contribution in [0, 0.1) is 29.2 Å². The molecule has 166 valence electrons. The van der Waals surface area contributed by atoms with Crippen molar-refractivity contribution in [2.45, 2.75) is 45.3 Å². The Bertz CT molecular complexity index is 815. The second-order valence-electron chi connectivity index (χ2n) is 7.76. The van der Waals surface area contributed by atoms with Crippen LogP contribution in [0.2, 0.25) is 0 Å². The Hall–Kier alpha value is -2.85. The van der Waals surface area contributed by atoms with E-state index in [4.69, 9.17) is 4.74 Å². The fourth-order valence-corrected chi connectivity index (χ4v) is 2.80. The van der Waals surface area contributed by atoms with E-state index in [0.29, 0.717) is 13.0 Å². The normalized spacial score (nSPS) is 17.3. The highest BCUT2D eigenvalue weighted by Gasteiger charge is 2.33. The number of carbonyl (C=O) groups is 3. The van der Waals surface area contributed by atoms with Gasteiger partial charge in [0.1, 0.15) is 12.2 Å². The van der Waals surface area contributed by atoms with Crippen LogP contribution < -0.4 is 15.4 Å². The molecular formula is C19H22F4N2O5. The zero-order valence-electron chi connectivity index (χ0n) is 16.6. The number of alkyl carbamates (subject to hydrolysis) is 1. The van der Waals surface area contributed by atoms with Crippen LogP contribution in [0.5, 0.6) is 5.75 Å². The first-order valence-corrected chi connectivity index (χ1v) is 9.14. The van der Waals surface area contributed by atoms with Gasteiger partial charge in [-0.25, -0.2) is 13.6 Å². The van der Waals surface area contributed by atoms with Crippen molar-refractivity contribution in [2.24, 2.45) is 5.92 Å². The maximum atomic E-state index is 13.7. The van der Waals surface area contributed by atoms with E-state index < -0.39 is 65.1 Å². The summed E-state index contributed by atoms with van der Waals surface area (Å²) in [5.74, 6) is -10.1. The number of rotatable bonds is 7. The average molecular weight is 434 g/mol. The fraction of sp³-hybridized carbons (Fsp3) is 0.526. The minimum Gasteiger partial charge on any atom is -0.479 e. The molecule has 2 atom stereocenters. The van der Waals surface area contributed by atoms with Gasteiger partial charge in [-0.1, -0.05) is 0 Å². The van der Waals surface area contributed by atoms with E-state index in [-0.39, 0.29) is 18.4 Å². The molecule has 30 heavy (non-hydrogen) atoms. The molecule has 0 radical (unpaired) electrons. The molecule has 1 saturated heterocycles. The number of hydrogen-bond acceptors (Lipinski definition) is 5. The Balaban J connectivity index is 2.14. The van der Waals surface area contributed by atoms with E-state index in [9.17, 15) is 31.9 Å². The number of hydrogen-bond donors (Lipinski definition) is 2. The Kier molecular flexibility index (Phi) is 7.27. The number of amides is 2. The van der Waals surface area contributed by atoms with Gasteiger partial charge in [-0.2, -0.15) is 8.78 Å². The number of halogens is 4. The molecule has 0 unspecified atom stereocenters. The lowest BCUT2D eigenvalue weighted by Gasteiger charge is -2.24. The zero-order valence-corrected chi connectivity index (χ0v) is 16.6. The van der Waals surface area contributed by atoms with Crippen molar-refractivity contribution in [1.29, 1.82) is 0 Å². The maximum Gasteiger partial charge on any atom is 0.408 e. The minimum absolute atomic E-state index is 0.00488. The molecule has 2 N–H and O–H groups in total. The van der Waals surface area contributed by atoms with Crippen molar-refractivity contribution in [3.05, 3.63) is 29.3 Å². The molecule has 1 aliphatic heterocycles. The van der Waals surface area contributed by atoms with Gasteiger partial charge in [0.05, 0.1) is 6.04 Å². The second kappa shape index (κ2) is 9.31. The van der Waals surface area contributed by atoms with Crippen molar-refractivity contribution in [1.82, 2.24) is 10.6 Å². The van der Waals surface area contributed by atoms with Gasteiger partial charge >= 0.3 is 6.09 Å². The first-order valence-electron chi connectivity index (χ1n) is 9.14. The number of carbonyl (C=O) groups excluding carboxylic acids is 3. The fourth-order valence-electron chi connectivity index (χ4n) is 2.80. The number of ether oxygens (including phenoxy) is 2. The lowest BCUT2D eigenvalue weighted by atomic mass is 9.96. The zero-order chi connectivity index (χ0) is 22.6. The molecule has 0 saturated carbocycles. The Morgan fingerprint density at radius 3 is 2.30 bits per heavy atom. The molecule has 1 aromatic carbocycles. The molecule has 2 amide bonds. The third kappa shape index (κ3) is 6.07. The van der Waals surface area contributed by atoms with Crippen LogP contribution >= 0.6 is 0 Å². The molecule has 7 nitrogen and oxygen atoms in total. The topological polar surface area (TPSA) is 93.7 Å². The van der Waals surface area contributed by atoms with Crippen LogP contribution in [-0.2, 0) is 14.3 Å². The van der Waals surface area contributed by atoms with Crippen molar-refractivity contribution >= 4 is 17.8 Å². The van der Waals surface area contributed by atoms with Gasteiger partial charge in [0.2, 0.25) is 17.5 Å². The third-order valence-electron chi connectivity index (χ3n) is 4.19. The molecule has 1 aromatic rings. The molecule has 0 aliphatic carbocycles. The van der Waals surface area contributed by atoms with Gasteiger partial charge in [0, 0.05) is 18.5 Å². The van der Waals surface area contributed by atoms with E-state index in [1.807, 2.05) is 0 Å². The molecule has 1 fully saturated rings. The second-order valence-corrected chi connectivity index (χ2v) is 7.76. The van der Waals surface area contributed by atoms with Gasteiger partial charge in [-0.15, -0.1) is 0 Å². The number of nitrogens with one attached hydrogen (secondary N) is 2. The lowest BCUT2D eigenvalue weighted by molar-refractivity contribution is -0.125. The first kappa shape index (κ1) is 23.4. The molecule has 0 aromatic heterocycles. The van der Waals surface area contributed by atoms with Gasteiger partial charge in [-0.05, 0) is 33.6 Å². The summed E-state index contributed by atoms with van der Waals surface area (Å²) in [4.78, 5) is 36.4. The van der Waals surface area contributed by atoms with E-state index in [0.717, 1.165) is 0 Å². The highest BCUT2D eigenvalue weighted by Crippen LogP contribution is 2.26. The van der Waals surface area contributed by atoms with Crippen molar-refractivity contribution in [3.63, 3.8) is 0 Å². The Morgan fingerprint density at radius 2 is 1.80 bits per heavy atom. The van der Waals surface area contributed by atoms with Crippen molar-refractivity contribution < 1.29 is 41.4 Å². The molecule has 0 bridgehead atoms. The van der Waals surface area contributed by atoms with Crippen molar-refractivity contribution in [3.8, 4) is 5.75 Å². The summed E-state index contributed by atoms with van der Waals surface area (Å²) in [5, 5.41) is 4.89. The predicted molar refractivity (Wildman–Crippen MR) is 95.7 cm³/mol. The summed E-state index contributed by atoms with van der Waals surface area (Å²) in [6.45, 7) is 4.18. The summed E-state index contributed by atoms with van der Waals surface area (Å²) in [5.41, 5.74) is -0.871. The van der Waals surface area contributed by atoms with Crippen molar-refractivity contribution in [2.75, 3.05) is 13.2 Å². The van der Waals surface area contributed by atoms with Crippen LogP contribution in [-0.4, -0.2) is 42.6 Å². The summed E-state index contributed by atoms with van der Waals surface area (Å²) < 4.78 is 63.7. The van der Waals surface area contributed by atoms with E-state index in [1.165, 1.54) is 0 Å². The monoisotopic (exact) mass is 434 g/mol. The summed E-state index contributed by atoms with van der Waals surface area (Å²) in [6, 6.07) is -1.29. The molecule has 1 heterocycles. The number of benzene rings is 1. The standard InChI is InChI=1S/C19H22F4N2O5/c1-19(2,3)30-18(28)25-12(6-9-4-5-24-17(9)27)13(26)8-29-16-14(22)10(20)7-11(21)15(16)23/h7,9,12H,4-6,8H2,1-3H3,(H,24,27)(H,25,28)/t9-,12-/m0/s1. The van der Waals surface area contributed by atoms with E-state index in [1.54, 1.807) is 20.8 Å². The maximum absolute atomic E-state index is 13.7. The average Bonchev–Trinajstić information content (AvgIpc) is 3.02. The van der Waals surface area contributed by atoms with Crippen LogP contribution in [0.3, 0.4) is 0 Å². The third-order valence-corrected chi connectivity index (χ3v) is 4.19. The van der Waals surface area contributed by atoms with Gasteiger partial charge in [0.25, 0.3) is 0 Å². The minimum atomic E-state index is -1.80. The molecule has 0 spiro atoms. The lowest BCUT2D eigenvalue weighted by Crippen LogP contribution is -2.46. The number of ketones is 1. The van der Waals surface area contributed by atoms with Gasteiger partial charge in [-0.3, -0.25) is 9.59 Å². The van der Waals surface area contributed by atoms with Gasteiger partial charge in [0.15, 0.2) is 23.2 Å². The van der Waals surface area contributed by atoms with Gasteiger partial charge < -0.3 is 20.1 Å².